The van der Waals surface area contributed by atoms with E-state index in [9.17, 15) is 13.2 Å². The van der Waals surface area contributed by atoms with Gasteiger partial charge in [0.25, 0.3) is 0 Å². The Morgan fingerprint density at radius 1 is 1.10 bits per heavy atom. The number of hydrogen-bond acceptors (Lipinski definition) is 4. The fraction of sp³-hybridized carbons (Fsp3) is 0.667. The Labute approximate surface area is 119 Å². The van der Waals surface area contributed by atoms with Crippen molar-refractivity contribution in [3.05, 3.63) is 17.0 Å². The van der Waals surface area contributed by atoms with E-state index in [0.717, 1.165) is 13.1 Å². The maximum Gasteiger partial charge on any atom is 0.451 e. The van der Waals surface area contributed by atoms with Gasteiger partial charge in [0.05, 0.1) is 0 Å². The van der Waals surface area contributed by atoms with Crippen molar-refractivity contribution >= 4 is 17.4 Å². The van der Waals surface area contributed by atoms with Crippen molar-refractivity contribution in [3.8, 4) is 0 Å². The van der Waals surface area contributed by atoms with Crippen LogP contribution in [0, 0.1) is 0 Å². The molecular formula is C12H14ClF3N4. The third-order valence-corrected chi connectivity index (χ3v) is 3.83. The number of rotatable bonds is 2. The highest BCUT2D eigenvalue weighted by Gasteiger charge is 2.36. The number of nitrogens with zero attached hydrogens (tertiary/aromatic N) is 4. The summed E-state index contributed by atoms with van der Waals surface area (Å²) < 4.78 is 38.0. The van der Waals surface area contributed by atoms with Crippen LogP contribution in [0.25, 0.3) is 0 Å². The molecule has 0 radical (unpaired) electrons. The summed E-state index contributed by atoms with van der Waals surface area (Å²) in [6.45, 7) is 3.05. The lowest BCUT2D eigenvalue weighted by Crippen LogP contribution is -2.47. The first-order chi connectivity index (χ1) is 9.43. The Balaban J connectivity index is 1.75. The van der Waals surface area contributed by atoms with Crippen LogP contribution in [-0.4, -0.2) is 47.1 Å². The minimum Gasteiger partial charge on any atom is -0.354 e. The summed E-state index contributed by atoms with van der Waals surface area (Å²) >= 11 is 5.68. The fourth-order valence-corrected chi connectivity index (χ4v) is 2.63. The van der Waals surface area contributed by atoms with Crippen LogP contribution < -0.4 is 4.90 Å². The molecule has 0 amide bonds. The molecular weight excluding hydrogens is 293 g/mol. The van der Waals surface area contributed by atoms with Crippen molar-refractivity contribution in [3.63, 3.8) is 0 Å². The van der Waals surface area contributed by atoms with Crippen LogP contribution in [0.5, 0.6) is 0 Å². The van der Waals surface area contributed by atoms with Gasteiger partial charge in [-0.3, -0.25) is 4.90 Å². The topological polar surface area (TPSA) is 32.3 Å². The smallest absolute Gasteiger partial charge is 0.354 e. The van der Waals surface area contributed by atoms with E-state index in [1.807, 2.05) is 4.90 Å². The molecule has 1 aliphatic heterocycles. The van der Waals surface area contributed by atoms with Crippen LogP contribution in [-0.2, 0) is 6.18 Å². The van der Waals surface area contributed by atoms with Gasteiger partial charge in [0, 0.05) is 38.3 Å². The largest absolute Gasteiger partial charge is 0.451 e. The molecule has 20 heavy (non-hydrogen) atoms. The predicted octanol–water partition coefficient (Wildman–Crippen LogP) is 2.43. The van der Waals surface area contributed by atoms with Gasteiger partial charge in [-0.25, -0.2) is 9.97 Å². The van der Waals surface area contributed by atoms with Gasteiger partial charge in [-0.2, -0.15) is 13.2 Å². The molecule has 4 nitrogen and oxygen atoms in total. The summed E-state index contributed by atoms with van der Waals surface area (Å²) in [7, 11) is 0. The number of hydrogen-bond donors (Lipinski definition) is 0. The Morgan fingerprint density at radius 2 is 1.75 bits per heavy atom. The normalized spacial score (nSPS) is 21.3. The van der Waals surface area contributed by atoms with Gasteiger partial charge in [-0.1, -0.05) is 11.6 Å². The van der Waals surface area contributed by atoms with Crippen molar-refractivity contribution in [1.82, 2.24) is 14.9 Å². The van der Waals surface area contributed by atoms with Gasteiger partial charge < -0.3 is 4.90 Å². The Kier molecular flexibility index (Phi) is 3.50. The molecule has 0 unspecified atom stereocenters. The Hall–Kier alpha value is -1.08. The van der Waals surface area contributed by atoms with E-state index in [1.165, 1.54) is 18.9 Å². The number of halogens is 4. The van der Waals surface area contributed by atoms with E-state index in [1.54, 1.807) is 0 Å². The molecule has 1 aromatic rings. The van der Waals surface area contributed by atoms with Crippen LogP contribution in [0.4, 0.5) is 19.0 Å². The molecule has 1 aromatic heterocycles. The second-order valence-electron chi connectivity index (χ2n) is 5.12. The number of anilines is 1. The van der Waals surface area contributed by atoms with Crippen molar-refractivity contribution in [2.24, 2.45) is 0 Å². The Morgan fingerprint density at radius 3 is 2.30 bits per heavy atom. The molecule has 0 aromatic carbocycles. The number of alkyl halides is 3. The molecule has 1 aliphatic carbocycles. The molecule has 0 bridgehead atoms. The van der Waals surface area contributed by atoms with Crippen molar-refractivity contribution in [1.29, 1.82) is 0 Å². The van der Waals surface area contributed by atoms with Crippen LogP contribution in [0.15, 0.2) is 6.07 Å². The number of aromatic nitrogens is 2. The molecule has 8 heteroatoms. The zero-order chi connectivity index (χ0) is 14.3. The SMILES string of the molecule is FC(F)(F)c1nc(Cl)cc(N2CCN(C3CC3)CC2)n1. The highest BCUT2D eigenvalue weighted by atomic mass is 35.5. The van der Waals surface area contributed by atoms with Crippen LogP contribution in [0.1, 0.15) is 18.7 Å². The van der Waals surface area contributed by atoms with E-state index in [4.69, 9.17) is 11.6 Å². The van der Waals surface area contributed by atoms with Gasteiger partial charge in [-0.05, 0) is 12.8 Å². The average molecular weight is 307 g/mol. The summed E-state index contributed by atoms with van der Waals surface area (Å²) in [5.74, 6) is -0.919. The van der Waals surface area contributed by atoms with Crippen molar-refractivity contribution in [2.45, 2.75) is 25.1 Å². The standard InChI is InChI=1S/C12H14ClF3N4/c13-9-7-10(18-11(17-9)12(14,15)16)20-5-3-19(4-6-20)8-1-2-8/h7-8H,1-6H2. The van der Waals surface area contributed by atoms with Gasteiger partial charge in [0.15, 0.2) is 0 Å². The average Bonchev–Trinajstić information content (AvgIpc) is 3.21. The Bertz CT molecular complexity index is 496. The van der Waals surface area contributed by atoms with Crippen LogP contribution in [0.2, 0.25) is 5.15 Å². The quantitative estimate of drug-likeness (QED) is 0.786. The first kappa shape index (κ1) is 13.9. The van der Waals surface area contributed by atoms with E-state index < -0.39 is 12.0 Å². The second-order valence-corrected chi connectivity index (χ2v) is 5.51. The minimum atomic E-state index is -4.57. The lowest BCUT2D eigenvalue weighted by molar-refractivity contribution is -0.144. The molecule has 0 atom stereocenters. The molecule has 1 saturated carbocycles. The van der Waals surface area contributed by atoms with E-state index in [0.29, 0.717) is 19.1 Å². The summed E-state index contributed by atoms with van der Waals surface area (Å²) in [6.07, 6.45) is -2.11. The molecule has 110 valence electrons. The summed E-state index contributed by atoms with van der Waals surface area (Å²) in [5, 5.41) is -0.174. The fourth-order valence-electron chi connectivity index (χ4n) is 2.45. The van der Waals surface area contributed by atoms with Crippen molar-refractivity contribution in [2.75, 3.05) is 31.1 Å². The predicted molar refractivity (Wildman–Crippen MR) is 68.9 cm³/mol. The molecule has 0 spiro atoms. The molecule has 1 saturated heterocycles. The summed E-state index contributed by atoms with van der Waals surface area (Å²) in [4.78, 5) is 11.1. The van der Waals surface area contributed by atoms with Crippen LogP contribution >= 0.6 is 11.6 Å². The first-order valence-corrected chi connectivity index (χ1v) is 6.92. The maximum atomic E-state index is 12.7. The van der Waals surface area contributed by atoms with E-state index in [2.05, 4.69) is 14.9 Å². The van der Waals surface area contributed by atoms with E-state index >= 15 is 0 Å². The maximum absolute atomic E-state index is 12.7. The van der Waals surface area contributed by atoms with Gasteiger partial charge in [0.1, 0.15) is 11.0 Å². The van der Waals surface area contributed by atoms with E-state index in [-0.39, 0.29) is 11.0 Å². The second kappa shape index (κ2) is 5.04. The minimum absolute atomic E-state index is 0.174. The van der Waals surface area contributed by atoms with Gasteiger partial charge in [0.2, 0.25) is 5.82 Å². The number of piperazine rings is 1. The van der Waals surface area contributed by atoms with Gasteiger partial charge in [-0.15, -0.1) is 0 Å². The zero-order valence-electron chi connectivity index (χ0n) is 10.7. The zero-order valence-corrected chi connectivity index (χ0v) is 11.5. The highest BCUT2D eigenvalue weighted by molar-refractivity contribution is 6.29. The summed E-state index contributed by atoms with van der Waals surface area (Å²) in [6, 6.07) is 2.07. The van der Waals surface area contributed by atoms with Gasteiger partial charge >= 0.3 is 6.18 Å². The summed E-state index contributed by atoms with van der Waals surface area (Å²) in [5.41, 5.74) is 0. The molecule has 3 rings (SSSR count). The lowest BCUT2D eigenvalue weighted by atomic mass is 10.3. The molecule has 2 heterocycles. The first-order valence-electron chi connectivity index (χ1n) is 6.54. The third-order valence-electron chi connectivity index (χ3n) is 3.64. The van der Waals surface area contributed by atoms with Crippen LogP contribution in [0.3, 0.4) is 0 Å². The molecule has 0 N–H and O–H groups in total. The highest BCUT2D eigenvalue weighted by Crippen LogP contribution is 2.31. The molecule has 2 fully saturated rings. The monoisotopic (exact) mass is 306 g/mol. The molecule has 2 aliphatic rings. The third kappa shape index (κ3) is 2.98. The lowest BCUT2D eigenvalue weighted by Gasteiger charge is -2.35. The van der Waals surface area contributed by atoms with Crippen molar-refractivity contribution < 1.29 is 13.2 Å².